The Bertz CT molecular complexity index is 378. The van der Waals surface area contributed by atoms with Crippen LogP contribution in [-0.2, 0) is 4.79 Å². The summed E-state index contributed by atoms with van der Waals surface area (Å²) in [6, 6.07) is 0. The number of ether oxygens (including phenoxy) is 1. The van der Waals surface area contributed by atoms with E-state index in [1.165, 1.54) is 12.4 Å². The summed E-state index contributed by atoms with van der Waals surface area (Å²) in [5.41, 5.74) is 5.57. The molecule has 0 spiro atoms. The van der Waals surface area contributed by atoms with E-state index in [0.717, 1.165) is 5.75 Å². The maximum atomic E-state index is 10.8. The van der Waals surface area contributed by atoms with Gasteiger partial charge in [-0.1, -0.05) is 6.58 Å². The number of hydrogen-bond donors (Lipinski definition) is 1. The van der Waals surface area contributed by atoms with E-state index < -0.39 is 5.91 Å². The molecule has 1 amide bonds. The quantitative estimate of drug-likeness (QED) is 0.584. The summed E-state index contributed by atoms with van der Waals surface area (Å²) in [4.78, 5) is 18.8. The molecular weight excluding hydrogens is 226 g/mol. The molecule has 86 valence electrons. The SMILES string of the molecule is C=C(C(N)=O)c1cnc(OCCSC)cn1. The highest BCUT2D eigenvalue weighted by Gasteiger charge is 2.07. The fraction of sp³-hybridized carbons (Fsp3) is 0.300. The van der Waals surface area contributed by atoms with Crippen LogP contribution in [0.5, 0.6) is 5.88 Å². The minimum absolute atomic E-state index is 0.142. The summed E-state index contributed by atoms with van der Waals surface area (Å²) in [5, 5.41) is 0. The molecule has 0 aromatic carbocycles. The number of hydrogen-bond acceptors (Lipinski definition) is 5. The first kappa shape index (κ1) is 12.5. The zero-order chi connectivity index (χ0) is 12.0. The summed E-state index contributed by atoms with van der Waals surface area (Å²) in [6.45, 7) is 4.08. The minimum Gasteiger partial charge on any atom is -0.476 e. The van der Waals surface area contributed by atoms with Gasteiger partial charge >= 0.3 is 0 Å². The number of primary amides is 1. The molecule has 2 N–H and O–H groups in total. The van der Waals surface area contributed by atoms with E-state index >= 15 is 0 Å². The number of carbonyl (C=O) groups excluding carboxylic acids is 1. The monoisotopic (exact) mass is 239 g/mol. The van der Waals surface area contributed by atoms with Crippen LogP contribution >= 0.6 is 11.8 Å². The number of nitrogens with two attached hydrogens (primary N) is 1. The molecule has 0 aliphatic heterocycles. The lowest BCUT2D eigenvalue weighted by Crippen LogP contribution is -2.13. The Hall–Kier alpha value is -1.56. The predicted octanol–water partition coefficient (Wildman–Crippen LogP) is 0.717. The topological polar surface area (TPSA) is 78.1 Å². The lowest BCUT2D eigenvalue weighted by Gasteiger charge is -2.04. The first-order chi connectivity index (χ1) is 7.65. The smallest absolute Gasteiger partial charge is 0.250 e. The molecule has 16 heavy (non-hydrogen) atoms. The molecule has 0 aliphatic rings. The Morgan fingerprint density at radius 1 is 1.56 bits per heavy atom. The van der Waals surface area contributed by atoms with Crippen molar-refractivity contribution in [1.82, 2.24) is 9.97 Å². The van der Waals surface area contributed by atoms with Crippen LogP contribution in [0.15, 0.2) is 19.0 Å². The largest absolute Gasteiger partial charge is 0.476 e. The van der Waals surface area contributed by atoms with E-state index in [9.17, 15) is 4.79 Å². The van der Waals surface area contributed by atoms with Gasteiger partial charge in [0.25, 0.3) is 0 Å². The summed E-state index contributed by atoms with van der Waals surface area (Å²) in [7, 11) is 0. The van der Waals surface area contributed by atoms with Crippen molar-refractivity contribution in [3.8, 4) is 5.88 Å². The third-order valence-electron chi connectivity index (χ3n) is 1.77. The van der Waals surface area contributed by atoms with E-state index in [1.807, 2.05) is 6.26 Å². The molecule has 1 rings (SSSR count). The normalized spacial score (nSPS) is 9.81. The molecule has 0 radical (unpaired) electrons. The zero-order valence-corrected chi connectivity index (χ0v) is 9.79. The Kier molecular flexibility index (Phi) is 4.78. The van der Waals surface area contributed by atoms with Gasteiger partial charge in [0.15, 0.2) is 0 Å². The van der Waals surface area contributed by atoms with Crippen molar-refractivity contribution in [2.45, 2.75) is 0 Å². The van der Waals surface area contributed by atoms with Crippen molar-refractivity contribution >= 4 is 23.2 Å². The standard InChI is InChI=1S/C10H13N3O2S/c1-7(10(11)14)8-5-13-9(6-12-8)15-3-4-16-2/h5-6H,1,3-4H2,2H3,(H2,11,14). The Labute approximate surface area is 98.1 Å². The van der Waals surface area contributed by atoms with Crippen LogP contribution in [0.2, 0.25) is 0 Å². The molecule has 0 bridgehead atoms. The first-order valence-corrected chi connectivity index (χ1v) is 5.97. The lowest BCUT2D eigenvalue weighted by atomic mass is 10.2. The van der Waals surface area contributed by atoms with E-state index in [2.05, 4.69) is 16.5 Å². The van der Waals surface area contributed by atoms with E-state index in [4.69, 9.17) is 10.5 Å². The van der Waals surface area contributed by atoms with Gasteiger partial charge in [0.2, 0.25) is 11.8 Å². The van der Waals surface area contributed by atoms with Crippen molar-refractivity contribution in [3.05, 3.63) is 24.7 Å². The molecule has 1 aromatic rings. The van der Waals surface area contributed by atoms with Crippen molar-refractivity contribution in [1.29, 1.82) is 0 Å². The van der Waals surface area contributed by atoms with Crippen LogP contribution in [0.25, 0.3) is 5.57 Å². The number of aromatic nitrogens is 2. The van der Waals surface area contributed by atoms with Gasteiger partial charge in [0, 0.05) is 5.75 Å². The molecule has 0 fully saturated rings. The van der Waals surface area contributed by atoms with Gasteiger partial charge in [-0.15, -0.1) is 0 Å². The van der Waals surface area contributed by atoms with Gasteiger partial charge < -0.3 is 10.5 Å². The maximum absolute atomic E-state index is 10.8. The van der Waals surface area contributed by atoms with Crippen LogP contribution in [0.1, 0.15) is 5.69 Å². The number of rotatable bonds is 6. The van der Waals surface area contributed by atoms with Crippen LogP contribution in [0.4, 0.5) is 0 Å². The van der Waals surface area contributed by atoms with Gasteiger partial charge in [0.1, 0.15) is 0 Å². The van der Waals surface area contributed by atoms with Crippen molar-refractivity contribution in [2.75, 3.05) is 18.6 Å². The predicted molar refractivity (Wildman–Crippen MR) is 64.1 cm³/mol. The molecule has 0 unspecified atom stereocenters. The minimum atomic E-state index is -0.606. The Morgan fingerprint density at radius 2 is 2.31 bits per heavy atom. The van der Waals surface area contributed by atoms with E-state index in [1.54, 1.807) is 11.8 Å². The first-order valence-electron chi connectivity index (χ1n) is 4.58. The molecular formula is C10H13N3O2S. The number of nitrogens with zero attached hydrogens (tertiary/aromatic N) is 2. The summed E-state index contributed by atoms with van der Waals surface area (Å²) >= 11 is 1.68. The van der Waals surface area contributed by atoms with Crippen molar-refractivity contribution in [2.24, 2.45) is 5.73 Å². The number of thioether (sulfide) groups is 1. The molecule has 0 aliphatic carbocycles. The van der Waals surface area contributed by atoms with E-state index in [-0.39, 0.29) is 5.57 Å². The molecule has 0 saturated heterocycles. The van der Waals surface area contributed by atoms with E-state index in [0.29, 0.717) is 18.2 Å². The molecule has 6 heteroatoms. The molecule has 5 nitrogen and oxygen atoms in total. The fourth-order valence-corrected chi connectivity index (χ4v) is 1.15. The van der Waals surface area contributed by atoms with Crippen molar-refractivity contribution in [3.63, 3.8) is 0 Å². The van der Waals surface area contributed by atoms with Crippen LogP contribution in [0.3, 0.4) is 0 Å². The molecule has 1 aromatic heterocycles. The average Bonchev–Trinajstić information content (AvgIpc) is 2.29. The molecule has 0 atom stereocenters. The van der Waals surface area contributed by atoms with Gasteiger partial charge in [-0.05, 0) is 6.26 Å². The number of amides is 1. The summed E-state index contributed by atoms with van der Waals surface area (Å²) in [5.74, 6) is 0.706. The zero-order valence-electron chi connectivity index (χ0n) is 8.97. The Morgan fingerprint density at radius 3 is 2.81 bits per heavy atom. The van der Waals surface area contributed by atoms with Gasteiger partial charge in [0.05, 0.1) is 30.3 Å². The fourth-order valence-electron chi connectivity index (χ4n) is 0.902. The van der Waals surface area contributed by atoms with Gasteiger partial charge in [-0.25, -0.2) is 9.97 Å². The summed E-state index contributed by atoms with van der Waals surface area (Å²) in [6.07, 6.45) is 4.86. The van der Waals surface area contributed by atoms with Gasteiger partial charge in [-0.3, -0.25) is 4.79 Å². The van der Waals surface area contributed by atoms with Crippen LogP contribution in [0, 0.1) is 0 Å². The third-order valence-corrected chi connectivity index (χ3v) is 2.35. The maximum Gasteiger partial charge on any atom is 0.250 e. The molecule has 1 heterocycles. The highest BCUT2D eigenvalue weighted by atomic mass is 32.2. The average molecular weight is 239 g/mol. The van der Waals surface area contributed by atoms with Crippen molar-refractivity contribution < 1.29 is 9.53 Å². The van der Waals surface area contributed by atoms with Crippen LogP contribution in [-0.4, -0.2) is 34.5 Å². The second kappa shape index (κ2) is 6.12. The highest BCUT2D eigenvalue weighted by Crippen LogP contribution is 2.10. The lowest BCUT2D eigenvalue weighted by molar-refractivity contribution is -0.112. The highest BCUT2D eigenvalue weighted by molar-refractivity contribution is 7.98. The summed E-state index contributed by atoms with van der Waals surface area (Å²) < 4.78 is 5.30. The van der Waals surface area contributed by atoms with Crippen LogP contribution < -0.4 is 10.5 Å². The molecule has 0 saturated carbocycles. The Balaban J connectivity index is 2.61. The second-order valence-corrected chi connectivity index (χ2v) is 3.91. The second-order valence-electron chi connectivity index (χ2n) is 2.92. The number of carbonyl (C=O) groups is 1. The van der Waals surface area contributed by atoms with Gasteiger partial charge in [-0.2, -0.15) is 11.8 Å². The third kappa shape index (κ3) is 3.54.